The van der Waals surface area contributed by atoms with Crippen molar-refractivity contribution >= 4 is 11.6 Å². The van der Waals surface area contributed by atoms with Gasteiger partial charge in [0.2, 0.25) is 0 Å². The third-order valence-corrected chi connectivity index (χ3v) is 2.58. The molecule has 15 heavy (non-hydrogen) atoms. The molecule has 1 rings (SSSR count). The van der Waals surface area contributed by atoms with E-state index in [4.69, 9.17) is 11.1 Å². The van der Waals surface area contributed by atoms with Gasteiger partial charge in [-0.3, -0.25) is 5.41 Å². The highest BCUT2D eigenvalue weighted by molar-refractivity contribution is 5.94. The molecule has 0 radical (unpaired) electrons. The summed E-state index contributed by atoms with van der Waals surface area (Å²) in [6.45, 7) is 6.91. The van der Waals surface area contributed by atoms with E-state index in [2.05, 4.69) is 26.0 Å². The molecule has 0 saturated carbocycles. The molecule has 1 aromatic rings. The van der Waals surface area contributed by atoms with Crippen LogP contribution in [-0.2, 0) is 6.42 Å². The van der Waals surface area contributed by atoms with Crippen LogP contribution in [0.2, 0.25) is 0 Å². The van der Waals surface area contributed by atoms with Crippen LogP contribution in [0.25, 0.3) is 0 Å². The zero-order valence-electron chi connectivity index (χ0n) is 9.67. The summed E-state index contributed by atoms with van der Waals surface area (Å²) in [4.78, 5) is 1.84. The maximum atomic E-state index is 7.56. The van der Waals surface area contributed by atoms with E-state index in [0.717, 1.165) is 18.7 Å². The van der Waals surface area contributed by atoms with Crippen LogP contribution in [0.15, 0.2) is 18.2 Å². The lowest BCUT2D eigenvalue weighted by atomic mass is 10.0. The van der Waals surface area contributed by atoms with E-state index in [1.165, 1.54) is 11.1 Å². The van der Waals surface area contributed by atoms with E-state index in [-0.39, 0.29) is 5.96 Å². The standard InChI is InChI=1S/C12H19N3/c1-4-10-8-6-7-9(3)11(10)15(5-2)12(13)14/h6-8H,4-5H2,1-3H3,(H3,13,14). The van der Waals surface area contributed by atoms with E-state index < -0.39 is 0 Å². The molecule has 0 bridgehead atoms. The van der Waals surface area contributed by atoms with E-state index in [9.17, 15) is 0 Å². The lowest BCUT2D eigenvalue weighted by molar-refractivity contribution is 0.995. The monoisotopic (exact) mass is 205 g/mol. The summed E-state index contributed by atoms with van der Waals surface area (Å²) < 4.78 is 0. The zero-order chi connectivity index (χ0) is 11.4. The van der Waals surface area contributed by atoms with E-state index in [1.54, 1.807) is 0 Å². The van der Waals surface area contributed by atoms with Gasteiger partial charge in [0.15, 0.2) is 5.96 Å². The van der Waals surface area contributed by atoms with E-state index >= 15 is 0 Å². The minimum Gasteiger partial charge on any atom is -0.370 e. The average Bonchev–Trinajstić information content (AvgIpc) is 2.21. The topological polar surface area (TPSA) is 53.1 Å². The van der Waals surface area contributed by atoms with Crippen molar-refractivity contribution in [2.45, 2.75) is 27.2 Å². The number of benzene rings is 1. The fourth-order valence-corrected chi connectivity index (χ4v) is 1.84. The normalized spacial score (nSPS) is 10.1. The van der Waals surface area contributed by atoms with Crippen LogP contribution in [0.5, 0.6) is 0 Å². The van der Waals surface area contributed by atoms with Gasteiger partial charge in [0.1, 0.15) is 0 Å². The predicted octanol–water partition coefficient (Wildman–Crippen LogP) is 2.28. The molecule has 0 unspecified atom stereocenters. The van der Waals surface area contributed by atoms with Crippen LogP contribution in [-0.4, -0.2) is 12.5 Å². The predicted molar refractivity (Wildman–Crippen MR) is 65.5 cm³/mol. The van der Waals surface area contributed by atoms with Crippen molar-refractivity contribution in [2.75, 3.05) is 11.4 Å². The summed E-state index contributed by atoms with van der Waals surface area (Å²) in [6.07, 6.45) is 0.959. The minimum absolute atomic E-state index is 0.113. The first-order valence-electron chi connectivity index (χ1n) is 5.31. The molecule has 3 nitrogen and oxygen atoms in total. The van der Waals surface area contributed by atoms with Gasteiger partial charge < -0.3 is 10.6 Å². The Morgan fingerprint density at radius 1 is 1.40 bits per heavy atom. The second-order valence-electron chi connectivity index (χ2n) is 3.57. The van der Waals surface area contributed by atoms with Crippen LogP contribution in [0.1, 0.15) is 25.0 Å². The highest BCUT2D eigenvalue weighted by Gasteiger charge is 2.13. The minimum atomic E-state index is 0.113. The molecule has 0 aliphatic heterocycles. The highest BCUT2D eigenvalue weighted by atomic mass is 15.2. The average molecular weight is 205 g/mol. The summed E-state index contributed by atoms with van der Waals surface area (Å²) in [6, 6.07) is 6.19. The molecule has 0 atom stereocenters. The Morgan fingerprint density at radius 2 is 2.07 bits per heavy atom. The summed E-state index contributed by atoms with van der Waals surface area (Å²) in [7, 11) is 0. The van der Waals surface area contributed by atoms with Crippen molar-refractivity contribution < 1.29 is 0 Å². The van der Waals surface area contributed by atoms with Crippen molar-refractivity contribution in [3.8, 4) is 0 Å². The molecule has 0 aliphatic rings. The largest absolute Gasteiger partial charge is 0.370 e. The number of hydrogen-bond acceptors (Lipinski definition) is 1. The van der Waals surface area contributed by atoms with Gasteiger partial charge in [0, 0.05) is 12.2 Å². The molecule has 0 spiro atoms. The fraction of sp³-hybridized carbons (Fsp3) is 0.417. The Bertz CT molecular complexity index is 358. The number of rotatable bonds is 3. The maximum absolute atomic E-state index is 7.56. The summed E-state index contributed by atoms with van der Waals surface area (Å²) in [5, 5.41) is 7.56. The molecule has 0 aromatic heterocycles. The van der Waals surface area contributed by atoms with Crippen molar-refractivity contribution in [3.05, 3.63) is 29.3 Å². The lowest BCUT2D eigenvalue weighted by Crippen LogP contribution is -2.37. The van der Waals surface area contributed by atoms with Gasteiger partial charge in [-0.25, -0.2) is 0 Å². The van der Waals surface area contributed by atoms with Gasteiger partial charge in [-0.05, 0) is 31.4 Å². The van der Waals surface area contributed by atoms with Crippen molar-refractivity contribution in [1.29, 1.82) is 5.41 Å². The van der Waals surface area contributed by atoms with Crippen molar-refractivity contribution in [3.63, 3.8) is 0 Å². The van der Waals surface area contributed by atoms with Gasteiger partial charge in [0.25, 0.3) is 0 Å². The third-order valence-electron chi connectivity index (χ3n) is 2.58. The van der Waals surface area contributed by atoms with E-state index in [1.807, 2.05) is 17.9 Å². The maximum Gasteiger partial charge on any atom is 0.192 e. The Balaban J connectivity index is 3.26. The smallest absolute Gasteiger partial charge is 0.192 e. The first-order chi connectivity index (χ1) is 7.11. The second-order valence-corrected chi connectivity index (χ2v) is 3.57. The number of nitrogens with zero attached hydrogens (tertiary/aromatic N) is 1. The Morgan fingerprint density at radius 3 is 2.53 bits per heavy atom. The van der Waals surface area contributed by atoms with E-state index in [0.29, 0.717) is 0 Å². The van der Waals surface area contributed by atoms with Gasteiger partial charge in [-0.15, -0.1) is 0 Å². The van der Waals surface area contributed by atoms with Gasteiger partial charge in [0.05, 0.1) is 0 Å². The number of aryl methyl sites for hydroxylation is 2. The van der Waals surface area contributed by atoms with Crippen molar-refractivity contribution in [2.24, 2.45) is 5.73 Å². The van der Waals surface area contributed by atoms with Crippen molar-refractivity contribution in [1.82, 2.24) is 0 Å². The molecule has 1 aromatic carbocycles. The molecule has 0 fully saturated rings. The zero-order valence-corrected chi connectivity index (χ0v) is 9.67. The number of nitrogens with two attached hydrogens (primary N) is 1. The summed E-state index contributed by atoms with van der Waals surface area (Å²) in [5.74, 6) is 0.113. The molecule has 3 heteroatoms. The lowest BCUT2D eigenvalue weighted by Gasteiger charge is -2.25. The first kappa shape index (κ1) is 11.6. The number of anilines is 1. The number of para-hydroxylation sites is 1. The van der Waals surface area contributed by atoms with Gasteiger partial charge in [-0.2, -0.15) is 0 Å². The van der Waals surface area contributed by atoms with Crippen LogP contribution >= 0.6 is 0 Å². The molecule has 0 aliphatic carbocycles. The fourth-order valence-electron chi connectivity index (χ4n) is 1.84. The van der Waals surface area contributed by atoms with Crippen LogP contribution in [0.3, 0.4) is 0 Å². The SMILES string of the molecule is CCc1cccc(C)c1N(CC)C(=N)N. The molecule has 0 heterocycles. The highest BCUT2D eigenvalue weighted by Crippen LogP contribution is 2.25. The molecule has 82 valence electrons. The van der Waals surface area contributed by atoms with Crippen LogP contribution in [0, 0.1) is 12.3 Å². The number of hydrogen-bond donors (Lipinski definition) is 2. The molecule has 0 saturated heterocycles. The number of guanidine groups is 1. The Labute approximate surface area is 91.4 Å². The summed E-state index contributed by atoms with van der Waals surface area (Å²) >= 11 is 0. The number of nitrogens with one attached hydrogen (secondary N) is 1. The molecular weight excluding hydrogens is 186 g/mol. The van der Waals surface area contributed by atoms with Gasteiger partial charge in [-0.1, -0.05) is 25.1 Å². The van der Waals surface area contributed by atoms with Crippen LogP contribution < -0.4 is 10.6 Å². The van der Waals surface area contributed by atoms with Crippen LogP contribution in [0.4, 0.5) is 5.69 Å². The molecular formula is C12H19N3. The third kappa shape index (κ3) is 2.29. The molecule has 0 amide bonds. The molecule has 3 N–H and O–H groups in total. The Kier molecular flexibility index (Phi) is 3.72. The second kappa shape index (κ2) is 4.82. The quantitative estimate of drug-likeness (QED) is 0.587. The Hall–Kier alpha value is -1.51. The first-order valence-corrected chi connectivity index (χ1v) is 5.31. The van der Waals surface area contributed by atoms with Gasteiger partial charge >= 0.3 is 0 Å². The summed E-state index contributed by atoms with van der Waals surface area (Å²) in [5.41, 5.74) is 9.09.